The van der Waals surface area contributed by atoms with E-state index in [1.807, 2.05) is 55.6 Å². The number of hydrogen-bond acceptors (Lipinski definition) is 3. The topological polar surface area (TPSA) is 44.4 Å². The van der Waals surface area contributed by atoms with Crippen LogP contribution in [-0.2, 0) is 11.3 Å². The van der Waals surface area contributed by atoms with Gasteiger partial charge in [0.15, 0.2) is 0 Å². The van der Waals surface area contributed by atoms with Gasteiger partial charge in [0.25, 0.3) is 0 Å². The fourth-order valence-electron chi connectivity index (χ4n) is 2.82. The first-order valence-corrected chi connectivity index (χ1v) is 7.59. The van der Waals surface area contributed by atoms with Gasteiger partial charge in [-0.1, -0.05) is 60.7 Å². The number of hydrazine groups is 1. The normalized spacial score (nSPS) is 20.8. The summed E-state index contributed by atoms with van der Waals surface area (Å²) in [6.45, 7) is 0.633. The van der Waals surface area contributed by atoms with Gasteiger partial charge in [0, 0.05) is 19.6 Å². The van der Waals surface area contributed by atoms with Crippen molar-refractivity contribution in [3.63, 3.8) is 0 Å². The molecule has 2 atom stereocenters. The first-order valence-electron chi connectivity index (χ1n) is 7.59. The number of nitrogens with one attached hydrogen (secondary N) is 2. The van der Waals surface area contributed by atoms with E-state index in [4.69, 9.17) is 0 Å². The van der Waals surface area contributed by atoms with Crippen molar-refractivity contribution in [2.24, 2.45) is 0 Å². The molecule has 4 nitrogen and oxygen atoms in total. The Morgan fingerprint density at radius 1 is 1.05 bits per heavy atom. The number of rotatable bonds is 4. The minimum Gasteiger partial charge on any atom is -0.340 e. The molecule has 114 valence electrons. The van der Waals surface area contributed by atoms with Gasteiger partial charge in [0.2, 0.25) is 5.91 Å². The van der Waals surface area contributed by atoms with E-state index in [1.54, 1.807) is 4.90 Å². The Hall–Kier alpha value is -2.17. The van der Waals surface area contributed by atoms with E-state index in [9.17, 15) is 4.79 Å². The zero-order chi connectivity index (χ0) is 15.4. The summed E-state index contributed by atoms with van der Waals surface area (Å²) in [7, 11) is 1.85. The molecule has 2 unspecified atom stereocenters. The molecule has 0 aliphatic carbocycles. The standard InChI is InChI=1S/C18H21N3O/c1-21(13-14-8-4-2-5-9-14)18(22)17-12-16(19-20-17)15-10-6-3-7-11-15/h2-11,16-17,19-20H,12-13H2,1H3. The molecule has 0 bridgehead atoms. The van der Waals surface area contributed by atoms with Crippen LogP contribution in [0.1, 0.15) is 23.6 Å². The maximum Gasteiger partial charge on any atom is 0.241 e. The molecule has 0 radical (unpaired) electrons. The van der Waals surface area contributed by atoms with E-state index in [1.165, 1.54) is 5.56 Å². The Bertz CT molecular complexity index is 615. The molecule has 1 saturated heterocycles. The van der Waals surface area contributed by atoms with Crippen molar-refractivity contribution in [1.29, 1.82) is 0 Å². The maximum absolute atomic E-state index is 12.5. The number of nitrogens with zero attached hydrogens (tertiary/aromatic N) is 1. The largest absolute Gasteiger partial charge is 0.340 e. The molecular formula is C18H21N3O. The van der Waals surface area contributed by atoms with Crippen LogP contribution in [0.3, 0.4) is 0 Å². The summed E-state index contributed by atoms with van der Waals surface area (Å²) in [6, 6.07) is 20.3. The Labute approximate surface area is 131 Å². The summed E-state index contributed by atoms with van der Waals surface area (Å²) in [6.07, 6.45) is 0.766. The SMILES string of the molecule is CN(Cc1ccccc1)C(=O)C1CC(c2ccccc2)NN1. The Kier molecular flexibility index (Phi) is 4.51. The fraction of sp³-hybridized carbons (Fsp3) is 0.278. The Balaban J connectivity index is 1.59. The number of likely N-dealkylation sites (N-methyl/N-ethyl adjacent to an activating group) is 1. The van der Waals surface area contributed by atoms with Gasteiger partial charge in [-0.2, -0.15) is 0 Å². The summed E-state index contributed by atoms with van der Waals surface area (Å²) < 4.78 is 0. The van der Waals surface area contributed by atoms with Crippen LogP contribution in [0, 0.1) is 0 Å². The molecule has 1 fully saturated rings. The highest BCUT2D eigenvalue weighted by molar-refractivity contribution is 5.82. The lowest BCUT2D eigenvalue weighted by molar-refractivity contribution is -0.132. The molecule has 0 spiro atoms. The van der Waals surface area contributed by atoms with Crippen molar-refractivity contribution in [1.82, 2.24) is 15.8 Å². The van der Waals surface area contributed by atoms with Crippen LogP contribution >= 0.6 is 0 Å². The number of benzene rings is 2. The maximum atomic E-state index is 12.5. The lowest BCUT2D eigenvalue weighted by atomic mass is 10.0. The van der Waals surface area contributed by atoms with Crippen LogP contribution in [0.4, 0.5) is 0 Å². The smallest absolute Gasteiger partial charge is 0.241 e. The third kappa shape index (κ3) is 3.35. The molecule has 0 saturated carbocycles. The van der Waals surface area contributed by atoms with Crippen LogP contribution in [0.15, 0.2) is 60.7 Å². The van der Waals surface area contributed by atoms with Gasteiger partial charge >= 0.3 is 0 Å². The molecule has 1 aliphatic rings. The summed E-state index contributed by atoms with van der Waals surface area (Å²) >= 11 is 0. The average Bonchev–Trinajstić information content (AvgIpc) is 3.06. The number of carbonyl (C=O) groups is 1. The average molecular weight is 295 g/mol. The predicted molar refractivity (Wildman–Crippen MR) is 86.8 cm³/mol. The molecule has 2 aromatic rings. The second-order valence-corrected chi connectivity index (χ2v) is 5.72. The fourth-order valence-corrected chi connectivity index (χ4v) is 2.82. The first-order chi connectivity index (χ1) is 10.7. The number of amides is 1. The van der Waals surface area contributed by atoms with Crippen molar-refractivity contribution in [2.75, 3.05) is 7.05 Å². The second kappa shape index (κ2) is 6.73. The van der Waals surface area contributed by atoms with E-state index in [-0.39, 0.29) is 18.0 Å². The van der Waals surface area contributed by atoms with Gasteiger partial charge in [-0.25, -0.2) is 10.9 Å². The second-order valence-electron chi connectivity index (χ2n) is 5.72. The van der Waals surface area contributed by atoms with Gasteiger partial charge in [0.05, 0.1) is 0 Å². The summed E-state index contributed by atoms with van der Waals surface area (Å²) in [4.78, 5) is 14.3. The van der Waals surface area contributed by atoms with Crippen molar-refractivity contribution in [2.45, 2.75) is 25.0 Å². The first kappa shape index (κ1) is 14.8. The van der Waals surface area contributed by atoms with Crippen molar-refractivity contribution in [3.05, 3.63) is 71.8 Å². The zero-order valence-electron chi connectivity index (χ0n) is 12.7. The van der Waals surface area contributed by atoms with Gasteiger partial charge < -0.3 is 4.90 Å². The lowest BCUT2D eigenvalue weighted by Crippen LogP contribution is -2.43. The summed E-state index contributed by atoms with van der Waals surface area (Å²) in [5.41, 5.74) is 8.70. The van der Waals surface area contributed by atoms with Gasteiger partial charge in [-0.3, -0.25) is 4.79 Å². The van der Waals surface area contributed by atoms with E-state index < -0.39 is 0 Å². The van der Waals surface area contributed by atoms with Gasteiger partial charge in [0.1, 0.15) is 6.04 Å². The molecule has 2 N–H and O–H groups in total. The molecule has 1 aliphatic heterocycles. The van der Waals surface area contributed by atoms with Crippen LogP contribution in [0.2, 0.25) is 0 Å². The van der Waals surface area contributed by atoms with Crippen LogP contribution in [0.5, 0.6) is 0 Å². The van der Waals surface area contributed by atoms with E-state index in [2.05, 4.69) is 23.0 Å². The number of hydrogen-bond donors (Lipinski definition) is 2. The van der Waals surface area contributed by atoms with Crippen LogP contribution < -0.4 is 10.9 Å². The van der Waals surface area contributed by atoms with Crippen molar-refractivity contribution < 1.29 is 4.79 Å². The van der Waals surface area contributed by atoms with Gasteiger partial charge in [-0.05, 0) is 17.5 Å². The van der Waals surface area contributed by atoms with E-state index >= 15 is 0 Å². The minimum atomic E-state index is -0.182. The van der Waals surface area contributed by atoms with E-state index in [0.717, 1.165) is 12.0 Å². The number of carbonyl (C=O) groups excluding carboxylic acids is 1. The molecule has 22 heavy (non-hydrogen) atoms. The molecular weight excluding hydrogens is 274 g/mol. The molecule has 4 heteroatoms. The van der Waals surface area contributed by atoms with Crippen molar-refractivity contribution in [3.8, 4) is 0 Å². The highest BCUT2D eigenvalue weighted by Crippen LogP contribution is 2.22. The summed E-state index contributed by atoms with van der Waals surface area (Å²) in [5.74, 6) is 0.120. The lowest BCUT2D eigenvalue weighted by Gasteiger charge is -2.20. The highest BCUT2D eigenvalue weighted by atomic mass is 16.2. The van der Waals surface area contributed by atoms with Crippen LogP contribution in [0.25, 0.3) is 0 Å². The van der Waals surface area contributed by atoms with Crippen LogP contribution in [-0.4, -0.2) is 23.9 Å². The highest BCUT2D eigenvalue weighted by Gasteiger charge is 2.31. The Morgan fingerprint density at radius 2 is 1.68 bits per heavy atom. The summed E-state index contributed by atoms with van der Waals surface area (Å²) in [5, 5.41) is 0. The molecule has 0 aromatic heterocycles. The molecule has 1 heterocycles. The predicted octanol–water partition coefficient (Wildman–Crippen LogP) is 2.25. The monoisotopic (exact) mass is 295 g/mol. The zero-order valence-corrected chi connectivity index (χ0v) is 12.7. The van der Waals surface area contributed by atoms with E-state index in [0.29, 0.717) is 6.54 Å². The van der Waals surface area contributed by atoms with Crippen molar-refractivity contribution >= 4 is 5.91 Å². The third-order valence-corrected chi connectivity index (χ3v) is 4.04. The third-order valence-electron chi connectivity index (χ3n) is 4.04. The Morgan fingerprint density at radius 3 is 2.36 bits per heavy atom. The minimum absolute atomic E-state index is 0.120. The van der Waals surface area contributed by atoms with Gasteiger partial charge in [-0.15, -0.1) is 0 Å². The molecule has 3 rings (SSSR count). The quantitative estimate of drug-likeness (QED) is 0.909. The molecule has 1 amide bonds. The molecule has 2 aromatic carbocycles.